The second-order valence-corrected chi connectivity index (χ2v) is 16.8. The van der Waals surface area contributed by atoms with Gasteiger partial charge in [0.1, 0.15) is 17.3 Å². The van der Waals surface area contributed by atoms with Crippen LogP contribution < -0.4 is 9.30 Å². The first-order valence-corrected chi connectivity index (χ1v) is 20.9. The molecule has 0 aliphatic heterocycles. The molecule has 0 unspecified atom stereocenters. The Hall–Kier alpha value is -8.02. The fourth-order valence-corrected chi connectivity index (χ4v) is 9.06. The van der Waals surface area contributed by atoms with Gasteiger partial charge in [-0.25, -0.2) is 4.98 Å². The van der Waals surface area contributed by atoms with E-state index in [-0.39, 0.29) is 39.8 Å². The van der Waals surface area contributed by atoms with Gasteiger partial charge in [-0.2, -0.15) is 0 Å². The van der Waals surface area contributed by atoms with Crippen molar-refractivity contribution >= 4 is 32.8 Å². The van der Waals surface area contributed by atoms with Crippen molar-refractivity contribution in [1.29, 1.82) is 0 Å². The quantitative estimate of drug-likeness (QED) is 0.128. The first-order valence-electron chi connectivity index (χ1n) is 24.9. The van der Waals surface area contributed by atoms with Crippen LogP contribution in [0.2, 0.25) is 0 Å². The fourth-order valence-electron chi connectivity index (χ4n) is 9.06. The van der Waals surface area contributed by atoms with E-state index in [9.17, 15) is 5.48 Å². The summed E-state index contributed by atoms with van der Waals surface area (Å²) in [6, 6.07) is 43.9. The number of hydrogen-bond donors (Lipinski definition) is 0. The zero-order valence-corrected chi connectivity index (χ0v) is 34.6. The highest BCUT2D eigenvalue weighted by Gasteiger charge is 2.25. The summed E-state index contributed by atoms with van der Waals surface area (Å²) in [6.07, 6.45) is 5.47. The zero-order chi connectivity index (χ0) is 49.2. The Bertz CT molecular complexity index is 4080. The van der Waals surface area contributed by atoms with E-state index in [1.165, 1.54) is 5.56 Å². The Labute approximate surface area is 377 Å². The summed E-state index contributed by atoms with van der Waals surface area (Å²) in [7, 11) is 0. The summed E-state index contributed by atoms with van der Waals surface area (Å²) in [5, 5.41) is 2.19. The van der Waals surface area contributed by atoms with Crippen LogP contribution in [0.3, 0.4) is 0 Å². The van der Waals surface area contributed by atoms with Gasteiger partial charge in [0.25, 0.3) is 6.33 Å². The van der Waals surface area contributed by atoms with Crippen molar-refractivity contribution in [2.45, 2.75) is 26.2 Å². The number of aromatic nitrogens is 4. The summed E-state index contributed by atoms with van der Waals surface area (Å²) in [5.74, 6) is 2.05. The normalized spacial score (nSPS) is 13.8. The van der Waals surface area contributed by atoms with Gasteiger partial charge in [-0.3, -0.25) is 13.7 Å². The van der Waals surface area contributed by atoms with Gasteiger partial charge in [0.15, 0.2) is 0 Å². The number of nitrogens with zero attached hydrogens (tertiary/aromatic N) is 4. The second-order valence-electron chi connectivity index (χ2n) is 16.8. The summed E-state index contributed by atoms with van der Waals surface area (Å²) in [4.78, 5) is 4.85. The molecule has 0 N–H and O–H groups in total. The lowest BCUT2D eigenvalue weighted by Crippen LogP contribution is -2.30. The van der Waals surface area contributed by atoms with Gasteiger partial charge in [-0.05, 0) is 105 Å². The SMILES string of the molecule is [2H]c1c([2H])c([2H])c2c(c1[2H])-c1ccccc1-c1cccc(-[n+]3[c-]n(-c4cccc(Oc5ccc6c7ccccc7n(-c7cc(C(C)(C)C)ccn7)c6c5)c4)c4ccccc43)c1-c1c([2H])c([2H])c([2H])c([2H])c1-2. The molecule has 0 radical (unpaired) electrons. The molecule has 12 rings (SSSR count). The number of benzene rings is 8. The summed E-state index contributed by atoms with van der Waals surface area (Å²) >= 11 is 0. The molecule has 0 saturated heterocycles. The molecule has 63 heavy (non-hydrogen) atoms. The largest absolute Gasteiger partial charge is 0.458 e. The van der Waals surface area contributed by atoms with Crippen molar-refractivity contribution in [2.75, 3.05) is 0 Å². The predicted molar refractivity (Wildman–Crippen MR) is 256 cm³/mol. The average molecular weight is 819 g/mol. The minimum atomic E-state index is -0.511. The van der Waals surface area contributed by atoms with Gasteiger partial charge < -0.3 is 4.74 Å². The van der Waals surface area contributed by atoms with E-state index in [1.54, 1.807) is 12.1 Å². The average Bonchev–Trinajstić information content (AvgIpc) is 3.93. The number of fused-ring (bicyclic) bond motifs is 12. The van der Waals surface area contributed by atoms with Crippen LogP contribution in [0.4, 0.5) is 0 Å². The van der Waals surface area contributed by atoms with Gasteiger partial charge in [0, 0.05) is 28.6 Å². The van der Waals surface area contributed by atoms with E-state index in [0.717, 1.165) is 44.3 Å². The molecule has 5 heteroatoms. The third-order valence-electron chi connectivity index (χ3n) is 12.0. The number of para-hydroxylation sites is 3. The number of rotatable bonds is 5. The summed E-state index contributed by atoms with van der Waals surface area (Å²) < 4.78 is 85.5. The Balaban J connectivity index is 1.03. The van der Waals surface area contributed by atoms with Crippen molar-refractivity contribution in [1.82, 2.24) is 14.1 Å². The van der Waals surface area contributed by atoms with Crippen molar-refractivity contribution in [3.8, 4) is 73.2 Å². The number of pyridine rings is 1. The van der Waals surface area contributed by atoms with Crippen molar-refractivity contribution < 1.29 is 20.3 Å². The Kier molecular flexibility index (Phi) is 6.64. The van der Waals surface area contributed by atoms with E-state index < -0.39 is 36.3 Å². The number of hydrogen-bond acceptors (Lipinski definition) is 2. The Morgan fingerprint density at radius 1 is 0.556 bits per heavy atom. The van der Waals surface area contributed by atoms with Crippen LogP contribution in [0.25, 0.3) is 94.5 Å². The lowest BCUT2D eigenvalue weighted by molar-refractivity contribution is -0.571. The highest BCUT2D eigenvalue weighted by atomic mass is 16.5. The van der Waals surface area contributed by atoms with E-state index in [0.29, 0.717) is 39.4 Å². The van der Waals surface area contributed by atoms with E-state index in [4.69, 9.17) is 15.2 Å². The third kappa shape index (κ3) is 5.99. The van der Waals surface area contributed by atoms with Crippen LogP contribution in [-0.4, -0.2) is 14.1 Å². The summed E-state index contributed by atoms with van der Waals surface area (Å²) in [6.45, 7) is 6.59. The molecular formula is C58H42N4O. The van der Waals surface area contributed by atoms with Crippen LogP contribution in [-0.2, 0) is 5.41 Å². The van der Waals surface area contributed by atoms with Crippen LogP contribution in [0.5, 0.6) is 11.5 Å². The maximum atomic E-state index is 9.57. The molecule has 0 amide bonds. The molecule has 5 nitrogen and oxygen atoms in total. The van der Waals surface area contributed by atoms with Crippen LogP contribution in [0.15, 0.2) is 200 Å². The lowest BCUT2D eigenvalue weighted by Gasteiger charge is -2.25. The van der Waals surface area contributed by atoms with Gasteiger partial charge in [0.05, 0.1) is 44.4 Å². The highest BCUT2D eigenvalue weighted by Crippen LogP contribution is 2.49. The zero-order valence-electron chi connectivity index (χ0n) is 42.6. The highest BCUT2D eigenvalue weighted by molar-refractivity contribution is 6.09. The standard InChI is InChI=1S/C58H42N4O/c1-58(2,3)38-32-33-59-56(34-38)62-51-26-11-10-23-47(51)48-31-30-41(36-55(48)62)63-40-17-14-16-39(35-40)60-37-61(53-28-13-12-27-52(53)60)54-29-15-25-50-46-21-7-6-20-44(46)42-18-4-5-19-43(42)45-22-8-9-24-49(45)57(50)54/h4-36H,1-3H3/i4D,5D,8D,9D,18D,19D,22D,24D. The van der Waals surface area contributed by atoms with Crippen molar-refractivity contribution in [3.05, 3.63) is 212 Å². The molecule has 8 aromatic carbocycles. The van der Waals surface area contributed by atoms with E-state index in [1.807, 2.05) is 112 Å². The first-order chi connectivity index (χ1) is 34.2. The minimum absolute atomic E-state index is 0.00569. The molecule has 1 aliphatic rings. The maximum Gasteiger partial charge on any atom is 0.269 e. The molecule has 3 aromatic heterocycles. The van der Waals surface area contributed by atoms with Crippen molar-refractivity contribution in [2.24, 2.45) is 0 Å². The van der Waals surface area contributed by atoms with E-state index >= 15 is 0 Å². The maximum absolute atomic E-state index is 9.57. The molecule has 11 aromatic rings. The number of imidazole rings is 1. The molecule has 1 aliphatic carbocycles. The molecule has 0 spiro atoms. The second kappa shape index (κ2) is 14.3. The third-order valence-corrected chi connectivity index (χ3v) is 12.0. The molecule has 0 fully saturated rings. The van der Waals surface area contributed by atoms with Crippen molar-refractivity contribution in [3.63, 3.8) is 0 Å². The topological polar surface area (TPSA) is 35.9 Å². The molecule has 3 heterocycles. The molecule has 0 atom stereocenters. The van der Waals surface area contributed by atoms with Gasteiger partial charge in [-0.15, -0.1) is 0 Å². The van der Waals surface area contributed by atoms with Gasteiger partial charge >= 0.3 is 0 Å². The summed E-state index contributed by atoms with van der Waals surface area (Å²) in [5.41, 5.74) is 8.42. The molecular weight excluding hydrogens is 769 g/mol. The smallest absolute Gasteiger partial charge is 0.269 e. The molecule has 0 bridgehead atoms. The van der Waals surface area contributed by atoms with Crippen LogP contribution in [0, 0.1) is 6.33 Å². The molecule has 300 valence electrons. The fraction of sp³-hybridized carbons (Fsp3) is 0.0690. The van der Waals surface area contributed by atoms with Crippen LogP contribution >= 0.6 is 0 Å². The molecule has 0 saturated carbocycles. The minimum Gasteiger partial charge on any atom is -0.458 e. The van der Waals surface area contributed by atoms with Crippen LogP contribution in [0.1, 0.15) is 37.3 Å². The monoisotopic (exact) mass is 818 g/mol. The Morgan fingerprint density at radius 3 is 2.00 bits per heavy atom. The van der Waals surface area contributed by atoms with E-state index in [2.05, 4.69) is 68.1 Å². The van der Waals surface area contributed by atoms with Gasteiger partial charge in [0.2, 0.25) is 0 Å². The Morgan fingerprint density at radius 2 is 1.19 bits per heavy atom. The van der Waals surface area contributed by atoms with Gasteiger partial charge in [-0.1, -0.05) is 154 Å². The lowest BCUT2D eigenvalue weighted by atomic mass is 9.80. The first kappa shape index (κ1) is 29.3. The predicted octanol–water partition coefficient (Wildman–Crippen LogP) is 14.3. The number of ether oxygens (including phenoxy) is 1.